The third-order valence-corrected chi connectivity index (χ3v) is 3.18. The summed E-state index contributed by atoms with van der Waals surface area (Å²) in [5, 5.41) is 0. The van der Waals surface area contributed by atoms with Crippen molar-refractivity contribution in [2.24, 2.45) is 0 Å². The second-order valence-electron chi connectivity index (χ2n) is 5.12. The van der Waals surface area contributed by atoms with Crippen LogP contribution in [0.3, 0.4) is 0 Å². The number of rotatable bonds is 7. The fourth-order valence-electron chi connectivity index (χ4n) is 1.89. The molecule has 0 saturated carbocycles. The Kier molecular flexibility index (Phi) is 6.72. The quantitative estimate of drug-likeness (QED) is 0.718. The Bertz CT molecular complexity index is 469. The maximum atomic E-state index is 11.9. The van der Waals surface area contributed by atoms with E-state index >= 15 is 0 Å². The van der Waals surface area contributed by atoms with Crippen LogP contribution >= 0.6 is 0 Å². The highest BCUT2D eigenvalue weighted by Gasteiger charge is 2.13. The number of hydrogen-bond donors (Lipinski definition) is 0. The van der Waals surface area contributed by atoms with Gasteiger partial charge in [0, 0.05) is 33.3 Å². The molecule has 0 aliphatic heterocycles. The normalized spacial score (nSPS) is 10.1. The molecule has 21 heavy (non-hydrogen) atoms. The molecule has 0 unspecified atom stereocenters. The maximum Gasteiger partial charge on any atom is 0.325 e. The van der Waals surface area contributed by atoms with Crippen LogP contribution in [0.4, 0.5) is 5.69 Å². The van der Waals surface area contributed by atoms with Crippen molar-refractivity contribution in [3.05, 3.63) is 29.8 Å². The fraction of sp³-hybridized carbons (Fsp3) is 0.500. The van der Waals surface area contributed by atoms with Gasteiger partial charge in [-0.3, -0.25) is 9.59 Å². The second-order valence-corrected chi connectivity index (χ2v) is 5.12. The fourth-order valence-corrected chi connectivity index (χ4v) is 1.89. The number of esters is 1. The van der Waals surface area contributed by atoms with Crippen LogP contribution < -0.4 is 4.90 Å². The molecule has 1 rings (SSSR count). The summed E-state index contributed by atoms with van der Waals surface area (Å²) >= 11 is 0. The van der Waals surface area contributed by atoms with Gasteiger partial charge >= 0.3 is 5.97 Å². The molecule has 1 aromatic carbocycles. The van der Waals surface area contributed by atoms with Gasteiger partial charge in [-0.25, -0.2) is 0 Å². The number of anilines is 1. The summed E-state index contributed by atoms with van der Waals surface area (Å²) in [6.45, 7) is 2.09. The lowest BCUT2D eigenvalue weighted by Crippen LogP contribution is -2.33. The average molecular weight is 292 g/mol. The molecule has 0 N–H and O–H groups in total. The predicted octanol–water partition coefficient (Wildman–Crippen LogP) is 1.71. The van der Waals surface area contributed by atoms with Crippen molar-refractivity contribution in [3.8, 4) is 0 Å². The maximum absolute atomic E-state index is 11.9. The summed E-state index contributed by atoms with van der Waals surface area (Å²) in [5.74, 6) is -0.427. The summed E-state index contributed by atoms with van der Waals surface area (Å²) < 4.78 is 4.82. The van der Waals surface area contributed by atoms with Crippen LogP contribution in [0.5, 0.6) is 0 Å². The Labute approximate surface area is 126 Å². The number of carbonyl (C=O) groups is 2. The molecule has 0 bridgehead atoms. The van der Waals surface area contributed by atoms with Gasteiger partial charge in [0.25, 0.3) is 0 Å². The van der Waals surface area contributed by atoms with Crippen LogP contribution in [0.2, 0.25) is 0 Å². The van der Waals surface area contributed by atoms with E-state index < -0.39 is 0 Å². The zero-order valence-electron chi connectivity index (χ0n) is 13.3. The lowest BCUT2D eigenvalue weighted by molar-refractivity contribution is -0.148. The van der Waals surface area contributed by atoms with E-state index in [0.29, 0.717) is 19.4 Å². The first kappa shape index (κ1) is 17.0. The molecule has 0 aliphatic rings. The Balaban J connectivity index is 2.43. The lowest BCUT2D eigenvalue weighted by atomic mass is 10.1. The lowest BCUT2D eigenvalue weighted by Gasteiger charge is -2.16. The molecule has 5 heteroatoms. The van der Waals surface area contributed by atoms with Gasteiger partial charge in [-0.1, -0.05) is 12.1 Å². The van der Waals surface area contributed by atoms with Crippen molar-refractivity contribution in [1.82, 2.24) is 4.90 Å². The molecule has 0 aromatic heterocycles. The predicted molar refractivity (Wildman–Crippen MR) is 83.4 cm³/mol. The molecule has 0 aliphatic carbocycles. The summed E-state index contributed by atoms with van der Waals surface area (Å²) in [5.41, 5.74) is 2.24. The summed E-state index contributed by atoms with van der Waals surface area (Å²) in [6, 6.07) is 8.10. The van der Waals surface area contributed by atoms with Crippen LogP contribution in [0.15, 0.2) is 24.3 Å². The average Bonchev–Trinajstić information content (AvgIpc) is 2.45. The number of likely N-dealkylation sites (N-methyl/N-ethyl adjacent to an activating group) is 1. The number of amides is 1. The topological polar surface area (TPSA) is 49.9 Å². The zero-order chi connectivity index (χ0) is 15.8. The Morgan fingerprint density at radius 2 is 1.71 bits per heavy atom. The van der Waals surface area contributed by atoms with Gasteiger partial charge in [0.15, 0.2) is 0 Å². The number of aryl methyl sites for hydroxylation is 1. The Hall–Kier alpha value is -2.04. The molecule has 0 saturated heterocycles. The molecule has 116 valence electrons. The monoisotopic (exact) mass is 292 g/mol. The van der Waals surface area contributed by atoms with Crippen LogP contribution in [-0.4, -0.2) is 51.1 Å². The molecular formula is C16H24N2O3. The van der Waals surface area contributed by atoms with E-state index in [1.165, 1.54) is 4.90 Å². The highest BCUT2D eigenvalue weighted by atomic mass is 16.5. The SMILES string of the molecule is CCOC(=O)CN(C)C(=O)CCc1ccc(N(C)C)cc1. The van der Waals surface area contributed by atoms with Gasteiger partial charge in [-0.15, -0.1) is 0 Å². The molecular weight excluding hydrogens is 268 g/mol. The van der Waals surface area contributed by atoms with Crippen molar-refractivity contribution < 1.29 is 14.3 Å². The standard InChI is InChI=1S/C16H24N2O3/c1-5-21-16(20)12-18(4)15(19)11-8-13-6-9-14(10-7-13)17(2)3/h6-7,9-10H,5,8,11-12H2,1-4H3. The van der Waals surface area contributed by atoms with Gasteiger partial charge in [0.2, 0.25) is 5.91 Å². The van der Waals surface area contributed by atoms with Crippen molar-refractivity contribution >= 4 is 17.6 Å². The van der Waals surface area contributed by atoms with Crippen molar-refractivity contribution in [2.75, 3.05) is 39.2 Å². The molecule has 0 spiro atoms. The van der Waals surface area contributed by atoms with Gasteiger partial charge in [0.05, 0.1) is 6.61 Å². The van der Waals surface area contributed by atoms with Gasteiger partial charge in [0.1, 0.15) is 6.54 Å². The number of hydrogen-bond acceptors (Lipinski definition) is 4. The highest BCUT2D eigenvalue weighted by molar-refractivity contribution is 5.81. The van der Waals surface area contributed by atoms with Crippen molar-refractivity contribution in [3.63, 3.8) is 0 Å². The van der Waals surface area contributed by atoms with Crippen molar-refractivity contribution in [1.29, 1.82) is 0 Å². The van der Waals surface area contributed by atoms with Crippen LogP contribution in [0, 0.1) is 0 Å². The van der Waals surface area contributed by atoms with E-state index in [2.05, 4.69) is 0 Å². The first-order valence-electron chi connectivity index (χ1n) is 7.10. The van der Waals surface area contributed by atoms with E-state index in [0.717, 1.165) is 11.3 Å². The van der Waals surface area contributed by atoms with Gasteiger partial charge in [-0.2, -0.15) is 0 Å². The molecule has 0 atom stereocenters. The number of carbonyl (C=O) groups excluding carboxylic acids is 2. The smallest absolute Gasteiger partial charge is 0.325 e. The Morgan fingerprint density at radius 1 is 1.10 bits per heavy atom. The second kappa shape index (κ2) is 8.29. The van der Waals surface area contributed by atoms with Gasteiger partial charge < -0.3 is 14.5 Å². The molecule has 0 heterocycles. The van der Waals surface area contributed by atoms with Crippen LogP contribution in [0.1, 0.15) is 18.9 Å². The molecule has 1 amide bonds. The summed E-state index contributed by atoms with van der Waals surface area (Å²) in [6.07, 6.45) is 1.05. The van der Waals surface area contributed by atoms with E-state index in [9.17, 15) is 9.59 Å². The van der Waals surface area contributed by atoms with E-state index in [1.54, 1.807) is 14.0 Å². The largest absolute Gasteiger partial charge is 0.465 e. The number of ether oxygens (including phenoxy) is 1. The number of nitrogens with zero attached hydrogens (tertiary/aromatic N) is 2. The zero-order valence-corrected chi connectivity index (χ0v) is 13.3. The molecule has 0 radical (unpaired) electrons. The minimum Gasteiger partial charge on any atom is -0.465 e. The minimum atomic E-state index is -0.372. The first-order valence-corrected chi connectivity index (χ1v) is 7.10. The van der Waals surface area contributed by atoms with E-state index in [1.807, 2.05) is 43.3 Å². The molecule has 1 aromatic rings. The van der Waals surface area contributed by atoms with E-state index in [-0.39, 0.29) is 18.4 Å². The van der Waals surface area contributed by atoms with Crippen LogP contribution in [0.25, 0.3) is 0 Å². The minimum absolute atomic E-state index is 0.00619. The molecule has 0 fully saturated rings. The van der Waals surface area contributed by atoms with Crippen molar-refractivity contribution in [2.45, 2.75) is 19.8 Å². The van der Waals surface area contributed by atoms with E-state index in [4.69, 9.17) is 4.74 Å². The Morgan fingerprint density at radius 3 is 2.24 bits per heavy atom. The third kappa shape index (κ3) is 5.85. The number of benzene rings is 1. The highest BCUT2D eigenvalue weighted by Crippen LogP contribution is 2.13. The molecule has 5 nitrogen and oxygen atoms in total. The van der Waals surface area contributed by atoms with Crippen LogP contribution in [-0.2, 0) is 20.7 Å². The summed E-state index contributed by atoms with van der Waals surface area (Å²) in [4.78, 5) is 26.7. The van der Waals surface area contributed by atoms with Gasteiger partial charge in [-0.05, 0) is 31.0 Å². The first-order chi connectivity index (χ1) is 9.93. The third-order valence-electron chi connectivity index (χ3n) is 3.18. The summed E-state index contributed by atoms with van der Waals surface area (Å²) in [7, 11) is 5.60.